The lowest BCUT2D eigenvalue weighted by Gasteiger charge is -2.11. The van der Waals surface area contributed by atoms with Crippen LogP contribution in [0.3, 0.4) is 0 Å². The van der Waals surface area contributed by atoms with Crippen molar-refractivity contribution in [3.05, 3.63) is 29.8 Å². The molecule has 3 nitrogen and oxygen atoms in total. The molecule has 1 aliphatic rings. The van der Waals surface area contributed by atoms with Crippen molar-refractivity contribution >= 4 is 6.21 Å². The molecular formula is C13H18N2O. The Morgan fingerprint density at radius 1 is 1.25 bits per heavy atom. The minimum absolute atomic E-state index is 0.299. The molecule has 86 valence electrons. The molecule has 3 heteroatoms. The zero-order valence-corrected chi connectivity index (χ0v) is 9.47. The maximum atomic E-state index is 9.52. The SMILES string of the molecule is Oc1ccccc1C=NCCN1CCCC1. The van der Waals surface area contributed by atoms with Crippen molar-refractivity contribution in [2.45, 2.75) is 12.8 Å². The zero-order valence-electron chi connectivity index (χ0n) is 9.47. The lowest BCUT2D eigenvalue weighted by molar-refractivity contribution is 0.349. The maximum Gasteiger partial charge on any atom is 0.124 e. The summed E-state index contributed by atoms with van der Waals surface area (Å²) in [5.74, 6) is 0.299. The van der Waals surface area contributed by atoms with Crippen LogP contribution < -0.4 is 0 Å². The van der Waals surface area contributed by atoms with Crippen molar-refractivity contribution < 1.29 is 5.11 Å². The second kappa shape index (κ2) is 5.66. The predicted octanol–water partition coefficient (Wildman–Crippen LogP) is 1.91. The molecule has 0 bridgehead atoms. The zero-order chi connectivity index (χ0) is 11.2. The summed E-state index contributed by atoms with van der Waals surface area (Å²) in [7, 11) is 0. The van der Waals surface area contributed by atoms with Gasteiger partial charge in [-0.25, -0.2) is 0 Å². The number of benzene rings is 1. The summed E-state index contributed by atoms with van der Waals surface area (Å²) >= 11 is 0. The molecule has 0 amide bonds. The fourth-order valence-electron chi connectivity index (χ4n) is 1.96. The molecule has 0 aromatic heterocycles. The van der Waals surface area contributed by atoms with E-state index in [1.807, 2.05) is 18.2 Å². The van der Waals surface area contributed by atoms with Gasteiger partial charge in [0.25, 0.3) is 0 Å². The van der Waals surface area contributed by atoms with E-state index in [9.17, 15) is 5.11 Å². The highest BCUT2D eigenvalue weighted by Gasteiger charge is 2.09. The van der Waals surface area contributed by atoms with Gasteiger partial charge in [0, 0.05) is 18.3 Å². The largest absolute Gasteiger partial charge is 0.507 e. The summed E-state index contributed by atoms with van der Waals surface area (Å²) in [5.41, 5.74) is 0.795. The number of phenolic OH excluding ortho intramolecular Hbond substituents is 1. The van der Waals surface area contributed by atoms with Crippen LogP contribution in [-0.2, 0) is 0 Å². The Balaban J connectivity index is 1.78. The highest BCUT2D eigenvalue weighted by Crippen LogP contribution is 2.12. The van der Waals surface area contributed by atoms with E-state index in [4.69, 9.17) is 0 Å². The number of phenols is 1. The second-order valence-corrected chi connectivity index (χ2v) is 4.14. The first-order valence-corrected chi connectivity index (χ1v) is 5.86. The third-order valence-electron chi connectivity index (χ3n) is 2.91. The molecule has 0 unspecified atom stereocenters. The third-order valence-corrected chi connectivity index (χ3v) is 2.91. The van der Waals surface area contributed by atoms with E-state index >= 15 is 0 Å². The van der Waals surface area contributed by atoms with Gasteiger partial charge in [-0.3, -0.25) is 4.99 Å². The van der Waals surface area contributed by atoms with E-state index in [0.717, 1.165) is 18.7 Å². The van der Waals surface area contributed by atoms with Gasteiger partial charge in [0.1, 0.15) is 5.75 Å². The highest BCUT2D eigenvalue weighted by atomic mass is 16.3. The summed E-state index contributed by atoms with van der Waals surface area (Å²) in [6.45, 7) is 4.27. The van der Waals surface area contributed by atoms with Gasteiger partial charge in [-0.15, -0.1) is 0 Å². The van der Waals surface area contributed by atoms with E-state index < -0.39 is 0 Å². The molecule has 0 saturated carbocycles. The Kier molecular flexibility index (Phi) is 3.94. The van der Waals surface area contributed by atoms with Crippen LogP contribution in [-0.4, -0.2) is 42.4 Å². The number of nitrogens with zero attached hydrogens (tertiary/aromatic N) is 2. The number of hydrogen-bond acceptors (Lipinski definition) is 3. The molecule has 1 heterocycles. The van der Waals surface area contributed by atoms with Crippen LogP contribution in [0.2, 0.25) is 0 Å². The highest BCUT2D eigenvalue weighted by molar-refractivity contribution is 5.83. The van der Waals surface area contributed by atoms with Gasteiger partial charge in [0.05, 0.1) is 6.54 Å². The number of rotatable bonds is 4. The molecule has 1 aromatic rings. The van der Waals surface area contributed by atoms with Gasteiger partial charge in [-0.1, -0.05) is 12.1 Å². The van der Waals surface area contributed by atoms with Crippen LogP contribution in [0.1, 0.15) is 18.4 Å². The lowest BCUT2D eigenvalue weighted by atomic mass is 10.2. The summed E-state index contributed by atoms with van der Waals surface area (Å²) < 4.78 is 0. The van der Waals surface area contributed by atoms with E-state index in [1.54, 1.807) is 12.3 Å². The number of aromatic hydroxyl groups is 1. The Bertz CT molecular complexity index is 357. The van der Waals surface area contributed by atoms with Crippen molar-refractivity contribution in [2.75, 3.05) is 26.2 Å². The number of likely N-dealkylation sites (tertiary alicyclic amines) is 1. The number of aliphatic imine (C=N–C) groups is 1. The molecule has 1 aromatic carbocycles. The summed E-state index contributed by atoms with van der Waals surface area (Å²) in [5, 5.41) is 9.52. The van der Waals surface area contributed by atoms with Crippen LogP contribution in [0.5, 0.6) is 5.75 Å². The molecule has 0 radical (unpaired) electrons. The van der Waals surface area contributed by atoms with Crippen molar-refractivity contribution in [3.8, 4) is 5.75 Å². The first-order valence-electron chi connectivity index (χ1n) is 5.86. The van der Waals surface area contributed by atoms with Crippen molar-refractivity contribution in [1.82, 2.24) is 4.90 Å². The normalized spacial score (nSPS) is 17.2. The minimum Gasteiger partial charge on any atom is -0.507 e. The molecule has 1 N–H and O–H groups in total. The third kappa shape index (κ3) is 3.07. The van der Waals surface area contributed by atoms with Gasteiger partial charge in [0.15, 0.2) is 0 Å². The van der Waals surface area contributed by atoms with Gasteiger partial charge in [-0.2, -0.15) is 0 Å². The fourth-order valence-corrected chi connectivity index (χ4v) is 1.96. The van der Waals surface area contributed by atoms with Crippen LogP contribution in [0, 0.1) is 0 Å². The maximum absolute atomic E-state index is 9.52. The monoisotopic (exact) mass is 218 g/mol. The smallest absolute Gasteiger partial charge is 0.124 e. The molecule has 1 saturated heterocycles. The van der Waals surface area contributed by atoms with Crippen LogP contribution in [0.15, 0.2) is 29.3 Å². The Morgan fingerprint density at radius 2 is 2.00 bits per heavy atom. The first-order chi connectivity index (χ1) is 7.86. The van der Waals surface area contributed by atoms with Crippen LogP contribution in [0.4, 0.5) is 0 Å². The second-order valence-electron chi connectivity index (χ2n) is 4.14. The van der Waals surface area contributed by atoms with Crippen molar-refractivity contribution in [3.63, 3.8) is 0 Å². The van der Waals surface area contributed by atoms with Crippen LogP contribution in [0.25, 0.3) is 0 Å². The molecular weight excluding hydrogens is 200 g/mol. The molecule has 16 heavy (non-hydrogen) atoms. The molecule has 1 aliphatic heterocycles. The first kappa shape index (κ1) is 11.1. The standard InChI is InChI=1S/C13H18N2O/c16-13-6-2-1-5-12(13)11-14-7-10-15-8-3-4-9-15/h1-2,5-6,11,16H,3-4,7-10H2. The Morgan fingerprint density at radius 3 is 2.75 bits per heavy atom. The lowest BCUT2D eigenvalue weighted by Crippen LogP contribution is -2.22. The van der Waals surface area contributed by atoms with Gasteiger partial charge in [0.2, 0.25) is 0 Å². The number of para-hydroxylation sites is 1. The van der Waals surface area contributed by atoms with E-state index in [1.165, 1.54) is 25.9 Å². The average Bonchev–Trinajstić information content (AvgIpc) is 2.79. The predicted molar refractivity (Wildman–Crippen MR) is 66.2 cm³/mol. The molecule has 0 aliphatic carbocycles. The molecule has 2 rings (SSSR count). The van der Waals surface area contributed by atoms with E-state index in [2.05, 4.69) is 9.89 Å². The van der Waals surface area contributed by atoms with Gasteiger partial charge >= 0.3 is 0 Å². The quantitative estimate of drug-likeness (QED) is 0.784. The summed E-state index contributed by atoms with van der Waals surface area (Å²) in [6, 6.07) is 7.27. The minimum atomic E-state index is 0.299. The number of hydrogen-bond donors (Lipinski definition) is 1. The molecule has 0 atom stereocenters. The molecule has 1 fully saturated rings. The van der Waals surface area contributed by atoms with E-state index in [0.29, 0.717) is 5.75 Å². The van der Waals surface area contributed by atoms with E-state index in [-0.39, 0.29) is 0 Å². The summed E-state index contributed by atoms with van der Waals surface area (Å²) in [4.78, 5) is 6.77. The fraction of sp³-hybridized carbons (Fsp3) is 0.462. The molecule has 0 spiro atoms. The van der Waals surface area contributed by atoms with Crippen LogP contribution >= 0.6 is 0 Å². The topological polar surface area (TPSA) is 35.8 Å². The van der Waals surface area contributed by atoms with Gasteiger partial charge < -0.3 is 10.0 Å². The van der Waals surface area contributed by atoms with Gasteiger partial charge in [-0.05, 0) is 38.1 Å². The van der Waals surface area contributed by atoms with Crippen molar-refractivity contribution in [2.24, 2.45) is 4.99 Å². The average molecular weight is 218 g/mol. The Hall–Kier alpha value is -1.35. The summed E-state index contributed by atoms with van der Waals surface area (Å²) in [6.07, 6.45) is 4.40. The Labute approximate surface area is 96.4 Å². The van der Waals surface area contributed by atoms with Crippen molar-refractivity contribution in [1.29, 1.82) is 0 Å².